The van der Waals surface area contributed by atoms with Crippen LogP contribution in [0.15, 0.2) is 4.79 Å². The van der Waals surface area contributed by atoms with Crippen LogP contribution in [-0.4, -0.2) is 24.6 Å². The molecule has 0 unspecified atom stereocenters. The molecule has 0 saturated heterocycles. The van der Waals surface area contributed by atoms with Crippen LogP contribution in [0.25, 0.3) is 0 Å². The molecule has 0 bridgehead atoms. The first-order valence-electron chi connectivity index (χ1n) is 5.45. The average Bonchev–Trinajstić information content (AvgIpc) is 2.34. The van der Waals surface area contributed by atoms with Gasteiger partial charge in [0, 0.05) is 20.3 Å². The fraction of sp³-hybridized carbons (Fsp3) is 0.417. The van der Waals surface area contributed by atoms with Gasteiger partial charge >= 0.3 is 0 Å². The summed E-state index contributed by atoms with van der Waals surface area (Å²) in [5.41, 5.74) is 5.81. The fourth-order valence-electron chi connectivity index (χ4n) is 1.75. The molecule has 0 spiro atoms. The van der Waals surface area contributed by atoms with E-state index in [2.05, 4.69) is 0 Å². The second kappa shape index (κ2) is 5.98. The Morgan fingerprint density at radius 3 is 2.72 bits per heavy atom. The summed E-state index contributed by atoms with van der Waals surface area (Å²) >= 11 is 0. The van der Waals surface area contributed by atoms with E-state index in [1.165, 1.54) is 4.57 Å². The summed E-state index contributed by atoms with van der Waals surface area (Å²) < 4.78 is 6.13. The molecule has 1 heterocycles. The maximum atomic E-state index is 12.0. The van der Waals surface area contributed by atoms with E-state index in [-0.39, 0.29) is 16.9 Å². The van der Waals surface area contributed by atoms with Crippen LogP contribution in [0.3, 0.4) is 0 Å². The van der Waals surface area contributed by atoms with Gasteiger partial charge in [-0.2, -0.15) is 5.26 Å². The maximum absolute atomic E-state index is 12.0. The lowest BCUT2D eigenvalue weighted by atomic mass is 10.1. The van der Waals surface area contributed by atoms with Gasteiger partial charge in [0.25, 0.3) is 5.56 Å². The molecule has 6 nitrogen and oxygen atoms in total. The van der Waals surface area contributed by atoms with Crippen molar-refractivity contribution in [3.8, 4) is 6.07 Å². The molecule has 0 aliphatic carbocycles. The number of carbonyl (C=O) groups is 1. The van der Waals surface area contributed by atoms with Crippen LogP contribution in [0, 0.1) is 18.3 Å². The Kier molecular flexibility index (Phi) is 4.63. The van der Waals surface area contributed by atoms with E-state index >= 15 is 0 Å². The normalized spacial score (nSPS) is 10.1. The molecule has 6 heteroatoms. The van der Waals surface area contributed by atoms with Crippen molar-refractivity contribution in [1.29, 1.82) is 5.26 Å². The largest absolute Gasteiger partial charge is 0.385 e. The number of pyridine rings is 1. The lowest BCUT2D eigenvalue weighted by Crippen LogP contribution is -2.28. The zero-order valence-corrected chi connectivity index (χ0v) is 10.4. The molecule has 18 heavy (non-hydrogen) atoms. The van der Waals surface area contributed by atoms with Crippen molar-refractivity contribution >= 4 is 12.1 Å². The quantitative estimate of drug-likeness (QED) is 0.603. The first-order chi connectivity index (χ1) is 8.58. The number of nitrogen functional groups attached to an aromatic ring is 1. The van der Waals surface area contributed by atoms with Crippen molar-refractivity contribution in [3.05, 3.63) is 27.0 Å². The van der Waals surface area contributed by atoms with Gasteiger partial charge in [-0.1, -0.05) is 0 Å². The summed E-state index contributed by atoms with van der Waals surface area (Å²) in [4.78, 5) is 23.0. The summed E-state index contributed by atoms with van der Waals surface area (Å²) in [7, 11) is 1.55. The Hall–Kier alpha value is -2.13. The van der Waals surface area contributed by atoms with Crippen LogP contribution in [0.1, 0.15) is 27.9 Å². The number of carbonyl (C=O) groups excluding carboxylic acids is 1. The standard InChI is InChI=1S/C12H15N3O3/c1-8-9(6-13)12(17)15(4-3-5-18-2)11(14)10(8)7-16/h7H,3-5,14H2,1-2H3. The van der Waals surface area contributed by atoms with Gasteiger partial charge in [0.05, 0.1) is 5.56 Å². The highest BCUT2D eigenvalue weighted by atomic mass is 16.5. The topological polar surface area (TPSA) is 98.1 Å². The molecule has 2 N–H and O–H groups in total. The van der Waals surface area contributed by atoms with Gasteiger partial charge in [-0.05, 0) is 18.9 Å². The van der Waals surface area contributed by atoms with E-state index in [9.17, 15) is 9.59 Å². The molecule has 0 aliphatic heterocycles. The smallest absolute Gasteiger partial charge is 0.270 e. The monoisotopic (exact) mass is 249 g/mol. The summed E-state index contributed by atoms with van der Waals surface area (Å²) in [6.45, 7) is 2.33. The Morgan fingerprint density at radius 1 is 1.56 bits per heavy atom. The van der Waals surface area contributed by atoms with Crippen LogP contribution in [0.2, 0.25) is 0 Å². The molecule has 1 aromatic heterocycles. The highest BCUT2D eigenvalue weighted by Crippen LogP contribution is 2.15. The minimum atomic E-state index is -0.464. The molecule has 0 saturated carbocycles. The molecular weight excluding hydrogens is 234 g/mol. The maximum Gasteiger partial charge on any atom is 0.270 e. The fourth-order valence-corrected chi connectivity index (χ4v) is 1.75. The van der Waals surface area contributed by atoms with E-state index in [0.717, 1.165) is 0 Å². The first kappa shape index (κ1) is 13.9. The Morgan fingerprint density at radius 2 is 2.22 bits per heavy atom. The lowest BCUT2D eigenvalue weighted by molar-refractivity contribution is 0.112. The van der Waals surface area contributed by atoms with Crippen molar-refractivity contribution < 1.29 is 9.53 Å². The highest BCUT2D eigenvalue weighted by Gasteiger charge is 2.16. The van der Waals surface area contributed by atoms with Crippen molar-refractivity contribution in [3.63, 3.8) is 0 Å². The van der Waals surface area contributed by atoms with Crippen LogP contribution in [-0.2, 0) is 11.3 Å². The Labute approximate surface area is 105 Å². The zero-order valence-electron chi connectivity index (χ0n) is 10.4. The van der Waals surface area contributed by atoms with Crippen molar-refractivity contribution in [2.75, 3.05) is 19.5 Å². The Bertz CT molecular complexity index is 555. The van der Waals surface area contributed by atoms with Crippen molar-refractivity contribution in [2.24, 2.45) is 0 Å². The van der Waals surface area contributed by atoms with Gasteiger partial charge in [-0.3, -0.25) is 14.2 Å². The van der Waals surface area contributed by atoms with Gasteiger partial charge in [0.2, 0.25) is 0 Å². The first-order valence-corrected chi connectivity index (χ1v) is 5.45. The molecule has 0 aliphatic rings. The number of rotatable bonds is 5. The summed E-state index contributed by atoms with van der Waals surface area (Å²) in [5.74, 6) is 0.0996. The van der Waals surface area contributed by atoms with E-state index in [1.54, 1.807) is 14.0 Å². The molecule has 0 fully saturated rings. The Balaban J connectivity index is 3.38. The van der Waals surface area contributed by atoms with Crippen molar-refractivity contribution in [1.82, 2.24) is 4.57 Å². The third-order valence-corrected chi connectivity index (χ3v) is 2.76. The number of nitrogens with two attached hydrogens (primary N) is 1. The van der Waals surface area contributed by atoms with Gasteiger partial charge in [0.1, 0.15) is 17.5 Å². The number of anilines is 1. The number of aldehydes is 1. The van der Waals surface area contributed by atoms with Crippen LogP contribution in [0.5, 0.6) is 0 Å². The van der Waals surface area contributed by atoms with Gasteiger partial charge in [0.15, 0.2) is 6.29 Å². The minimum absolute atomic E-state index is 0.0382. The van der Waals surface area contributed by atoms with Crippen molar-refractivity contribution in [2.45, 2.75) is 19.9 Å². The molecule has 1 rings (SSSR count). The molecule has 0 amide bonds. The number of nitrogens with zero attached hydrogens (tertiary/aromatic N) is 2. The summed E-state index contributed by atoms with van der Waals surface area (Å²) in [6.07, 6.45) is 1.14. The van der Waals surface area contributed by atoms with Crippen LogP contribution >= 0.6 is 0 Å². The van der Waals surface area contributed by atoms with E-state index in [4.69, 9.17) is 15.7 Å². The van der Waals surface area contributed by atoms with Gasteiger partial charge in [-0.15, -0.1) is 0 Å². The third kappa shape index (κ3) is 2.41. The molecule has 0 aromatic carbocycles. The summed E-state index contributed by atoms with van der Waals surface area (Å²) in [6, 6.07) is 1.82. The third-order valence-electron chi connectivity index (χ3n) is 2.76. The predicted octanol–water partition coefficient (Wildman–Crippen LogP) is 0.460. The molecular formula is C12H15N3O3. The van der Waals surface area contributed by atoms with Crippen LogP contribution in [0.4, 0.5) is 5.82 Å². The number of hydrogen-bond acceptors (Lipinski definition) is 5. The molecule has 0 radical (unpaired) electrons. The average molecular weight is 249 g/mol. The van der Waals surface area contributed by atoms with Crippen LogP contribution < -0.4 is 11.3 Å². The number of ether oxygens (including phenoxy) is 1. The van der Waals surface area contributed by atoms with E-state index in [0.29, 0.717) is 31.4 Å². The minimum Gasteiger partial charge on any atom is -0.385 e. The van der Waals surface area contributed by atoms with Gasteiger partial charge < -0.3 is 10.5 Å². The number of hydrogen-bond donors (Lipinski definition) is 1. The van der Waals surface area contributed by atoms with E-state index in [1.807, 2.05) is 6.07 Å². The zero-order chi connectivity index (χ0) is 13.7. The molecule has 96 valence electrons. The number of aromatic nitrogens is 1. The number of nitriles is 1. The molecule has 0 atom stereocenters. The van der Waals surface area contributed by atoms with E-state index < -0.39 is 5.56 Å². The summed E-state index contributed by atoms with van der Waals surface area (Å²) in [5, 5.41) is 8.96. The van der Waals surface area contributed by atoms with Gasteiger partial charge in [-0.25, -0.2) is 0 Å². The second-order valence-corrected chi connectivity index (χ2v) is 3.83. The SMILES string of the molecule is COCCCn1c(N)c(C=O)c(C)c(C#N)c1=O. The molecule has 1 aromatic rings. The number of methoxy groups -OCH3 is 1. The second-order valence-electron chi connectivity index (χ2n) is 3.83. The highest BCUT2D eigenvalue weighted by molar-refractivity contribution is 5.85. The lowest BCUT2D eigenvalue weighted by Gasteiger charge is -2.13. The predicted molar refractivity (Wildman–Crippen MR) is 66.4 cm³/mol.